The molecule has 0 aliphatic heterocycles. The summed E-state index contributed by atoms with van der Waals surface area (Å²) in [6.45, 7) is 7.79. The molecule has 11 heteroatoms. The second-order valence-corrected chi connectivity index (χ2v) is 8.16. The van der Waals surface area contributed by atoms with Crippen molar-refractivity contribution in [2.24, 2.45) is 0 Å². The van der Waals surface area contributed by atoms with Crippen LogP contribution >= 0.6 is 0 Å². The number of rotatable bonds is 5. The van der Waals surface area contributed by atoms with Gasteiger partial charge in [-0.1, -0.05) is 32.0 Å². The Kier molecular flexibility index (Phi) is 6.37. The first kappa shape index (κ1) is 22.7. The van der Waals surface area contributed by atoms with E-state index in [1.54, 1.807) is 31.3 Å². The van der Waals surface area contributed by atoms with E-state index in [-0.39, 0.29) is 17.3 Å². The number of amides is 3. The predicted molar refractivity (Wildman–Crippen MR) is 121 cm³/mol. The second kappa shape index (κ2) is 9.00. The number of benzene rings is 1. The molecule has 0 aliphatic rings. The van der Waals surface area contributed by atoms with Crippen LogP contribution in [-0.2, 0) is 5.41 Å². The van der Waals surface area contributed by atoms with Gasteiger partial charge in [-0.3, -0.25) is 9.69 Å². The lowest BCUT2D eigenvalue weighted by molar-refractivity contribution is 0.102. The van der Waals surface area contributed by atoms with E-state index in [0.29, 0.717) is 28.8 Å². The van der Waals surface area contributed by atoms with Gasteiger partial charge in [0.2, 0.25) is 11.9 Å². The lowest BCUT2D eigenvalue weighted by Gasteiger charge is -2.17. The van der Waals surface area contributed by atoms with Gasteiger partial charge in [0.15, 0.2) is 5.82 Å². The minimum Gasteiger partial charge on any atom is -0.359 e. The van der Waals surface area contributed by atoms with Crippen LogP contribution in [0.5, 0.6) is 0 Å². The lowest BCUT2D eigenvalue weighted by Crippen LogP contribution is -2.33. The quantitative estimate of drug-likeness (QED) is 0.551. The topological polar surface area (TPSA) is 138 Å². The fraction of sp³-hybridized carbons (Fsp3) is 0.333. The normalized spacial score (nSPS) is 11.1. The average Bonchev–Trinajstić information content (AvgIpc) is 3.23. The van der Waals surface area contributed by atoms with E-state index >= 15 is 0 Å². The van der Waals surface area contributed by atoms with Crippen LogP contribution in [0.15, 0.2) is 35.1 Å². The van der Waals surface area contributed by atoms with Crippen LogP contribution in [0.25, 0.3) is 0 Å². The Balaban J connectivity index is 1.74. The van der Waals surface area contributed by atoms with Crippen molar-refractivity contribution >= 4 is 35.3 Å². The first-order valence-corrected chi connectivity index (χ1v) is 9.89. The summed E-state index contributed by atoms with van der Waals surface area (Å²) in [7, 11) is 3.20. The molecule has 0 fully saturated rings. The van der Waals surface area contributed by atoms with Crippen molar-refractivity contribution in [2.75, 3.05) is 34.9 Å². The first-order valence-electron chi connectivity index (χ1n) is 9.89. The Bertz CT molecular complexity index is 1140. The summed E-state index contributed by atoms with van der Waals surface area (Å²) in [6.07, 6.45) is 1.31. The van der Waals surface area contributed by atoms with E-state index in [4.69, 9.17) is 4.52 Å². The number of urea groups is 1. The summed E-state index contributed by atoms with van der Waals surface area (Å²) in [5.74, 6) is 1.12. The number of carbonyl (C=O) groups is 2. The molecule has 0 saturated carbocycles. The third-order valence-electron chi connectivity index (χ3n) is 4.62. The Morgan fingerprint density at radius 3 is 2.50 bits per heavy atom. The Morgan fingerprint density at radius 1 is 1.09 bits per heavy atom. The summed E-state index contributed by atoms with van der Waals surface area (Å²) < 4.78 is 5.30. The molecule has 3 N–H and O–H groups in total. The van der Waals surface area contributed by atoms with Gasteiger partial charge in [-0.05, 0) is 24.6 Å². The van der Waals surface area contributed by atoms with Crippen LogP contribution in [0, 0.1) is 6.92 Å². The van der Waals surface area contributed by atoms with Gasteiger partial charge in [0.25, 0.3) is 5.91 Å². The van der Waals surface area contributed by atoms with Gasteiger partial charge in [0, 0.05) is 36.8 Å². The van der Waals surface area contributed by atoms with Gasteiger partial charge in [0.05, 0.1) is 0 Å². The zero-order valence-electron chi connectivity index (χ0n) is 18.8. The van der Waals surface area contributed by atoms with Crippen molar-refractivity contribution in [1.29, 1.82) is 0 Å². The molecule has 0 atom stereocenters. The van der Waals surface area contributed by atoms with E-state index in [1.807, 2.05) is 27.7 Å². The van der Waals surface area contributed by atoms with Crippen LogP contribution in [0.1, 0.15) is 42.5 Å². The van der Waals surface area contributed by atoms with E-state index in [9.17, 15) is 9.59 Å². The summed E-state index contributed by atoms with van der Waals surface area (Å²) in [4.78, 5) is 38.7. The number of hydrogen-bond acceptors (Lipinski definition) is 8. The number of carbonyl (C=O) groups excluding carboxylic acids is 2. The summed E-state index contributed by atoms with van der Waals surface area (Å²) in [6, 6.07) is 6.23. The molecule has 3 amide bonds. The highest BCUT2D eigenvalue weighted by Gasteiger charge is 2.21. The monoisotopic (exact) mass is 438 g/mol. The number of hydrogen-bond donors (Lipinski definition) is 3. The van der Waals surface area contributed by atoms with Crippen molar-refractivity contribution in [2.45, 2.75) is 33.1 Å². The molecule has 0 bridgehead atoms. The van der Waals surface area contributed by atoms with Gasteiger partial charge in [0.1, 0.15) is 12.1 Å². The summed E-state index contributed by atoms with van der Waals surface area (Å²) >= 11 is 0. The van der Waals surface area contributed by atoms with E-state index in [1.165, 1.54) is 18.3 Å². The highest BCUT2D eigenvalue weighted by Crippen LogP contribution is 2.25. The summed E-state index contributed by atoms with van der Waals surface area (Å²) in [5.41, 5.74) is 1.39. The molecule has 3 rings (SSSR count). The molecule has 3 aromatic rings. The van der Waals surface area contributed by atoms with Gasteiger partial charge in [-0.25, -0.2) is 14.8 Å². The molecule has 0 spiro atoms. The number of aryl methyl sites for hydroxylation is 1. The fourth-order valence-electron chi connectivity index (χ4n) is 2.63. The zero-order valence-corrected chi connectivity index (χ0v) is 18.8. The third kappa shape index (κ3) is 5.17. The Labute approximate surface area is 185 Å². The number of nitrogens with one attached hydrogen (secondary N) is 3. The molecule has 2 heterocycles. The smallest absolute Gasteiger partial charge is 0.328 e. The first-order chi connectivity index (χ1) is 15.1. The van der Waals surface area contributed by atoms with Gasteiger partial charge >= 0.3 is 6.03 Å². The lowest BCUT2D eigenvalue weighted by atomic mass is 9.93. The van der Waals surface area contributed by atoms with E-state index in [0.717, 1.165) is 5.56 Å². The van der Waals surface area contributed by atoms with Crippen molar-refractivity contribution in [1.82, 2.24) is 20.1 Å². The molecule has 168 valence electrons. The van der Waals surface area contributed by atoms with Gasteiger partial charge in [-0.15, -0.1) is 0 Å². The van der Waals surface area contributed by atoms with Gasteiger partial charge < -0.3 is 20.5 Å². The van der Waals surface area contributed by atoms with Crippen molar-refractivity contribution in [3.05, 3.63) is 47.5 Å². The molecule has 2 aromatic heterocycles. The van der Waals surface area contributed by atoms with Crippen molar-refractivity contribution < 1.29 is 14.1 Å². The maximum atomic E-state index is 12.7. The second-order valence-electron chi connectivity index (χ2n) is 8.16. The molecule has 32 heavy (non-hydrogen) atoms. The summed E-state index contributed by atoms with van der Waals surface area (Å²) in [5, 5.41) is 12.2. The molecular weight excluding hydrogens is 412 g/mol. The Hall–Kier alpha value is -4.02. The zero-order chi connectivity index (χ0) is 23.5. The highest BCUT2D eigenvalue weighted by molar-refractivity contribution is 6.06. The van der Waals surface area contributed by atoms with Crippen molar-refractivity contribution in [3.63, 3.8) is 0 Å². The maximum Gasteiger partial charge on any atom is 0.328 e. The number of anilines is 4. The molecule has 0 aliphatic carbocycles. The molecule has 0 unspecified atom stereocenters. The fourth-order valence-corrected chi connectivity index (χ4v) is 2.63. The highest BCUT2D eigenvalue weighted by atomic mass is 16.5. The third-order valence-corrected chi connectivity index (χ3v) is 4.62. The molecular formula is C21H26N8O3. The largest absolute Gasteiger partial charge is 0.359 e. The van der Waals surface area contributed by atoms with Crippen molar-refractivity contribution in [3.8, 4) is 0 Å². The molecule has 1 aromatic carbocycles. The Morgan fingerprint density at radius 2 is 1.84 bits per heavy atom. The molecule has 0 radical (unpaired) electrons. The van der Waals surface area contributed by atoms with E-state index in [2.05, 4.69) is 36.1 Å². The van der Waals surface area contributed by atoms with Crippen LogP contribution < -0.4 is 20.9 Å². The van der Waals surface area contributed by atoms with Crippen LogP contribution in [0.3, 0.4) is 0 Å². The standard InChI is InChI=1S/C21H26N8O3/c1-12-7-8-13(17(30)26-16-10-15(32-28-16)21(2,3)4)9-14(12)25-20(31)29(6)19-24-11-23-18(22-5)27-19/h7-11H,1-6H3,(H,25,31)(H,26,28,30)(H,22,23,24,27). The van der Waals surface area contributed by atoms with Crippen LogP contribution in [-0.4, -0.2) is 46.1 Å². The number of nitrogens with zero attached hydrogens (tertiary/aromatic N) is 5. The number of aromatic nitrogens is 4. The SMILES string of the molecule is CNc1ncnc(N(C)C(=O)Nc2cc(C(=O)Nc3cc(C(C)(C)C)on3)ccc2C)n1. The minimum atomic E-state index is -0.467. The van der Waals surface area contributed by atoms with Gasteiger partial charge in [-0.2, -0.15) is 4.98 Å². The van der Waals surface area contributed by atoms with Crippen LogP contribution in [0.4, 0.5) is 28.2 Å². The minimum absolute atomic E-state index is 0.175. The molecule has 0 saturated heterocycles. The maximum absolute atomic E-state index is 12.7. The van der Waals surface area contributed by atoms with E-state index < -0.39 is 6.03 Å². The molecule has 11 nitrogen and oxygen atoms in total. The predicted octanol–water partition coefficient (Wildman–Crippen LogP) is 3.43. The average molecular weight is 438 g/mol. The van der Waals surface area contributed by atoms with Crippen LogP contribution in [0.2, 0.25) is 0 Å².